The number of carbonyl (C=O) groups is 2. The fraction of sp³-hybridized carbons (Fsp3) is 0.800. The van der Waals surface area contributed by atoms with Crippen molar-refractivity contribution in [1.82, 2.24) is 0 Å². The second kappa shape index (κ2) is 9.55. The smallest absolute Gasteiger partial charge is 0.324 e. The lowest BCUT2D eigenvalue weighted by Gasteiger charge is -2.15. The first-order chi connectivity index (χ1) is 11.8. The molecule has 144 valence electrons. The number of unbranched alkanes of at least 4 members (excludes halogenated alkanes) is 3. The lowest BCUT2D eigenvalue weighted by atomic mass is 9.99. The molecule has 25 heavy (non-hydrogen) atoms. The average molecular weight is 369 g/mol. The molecule has 0 heterocycles. The summed E-state index contributed by atoms with van der Waals surface area (Å²) >= 11 is 0. The molecule has 2 atom stereocenters. The SMILES string of the molecule is CCCCCC[C@H]1[C@H](/C=C/[Si](C)(C)C)C1(C(=O)OCC)C(=O)OCC. The Kier molecular flexibility index (Phi) is 8.38. The van der Waals surface area contributed by atoms with Crippen molar-refractivity contribution >= 4 is 20.0 Å². The molecule has 1 rings (SSSR count). The van der Waals surface area contributed by atoms with Crippen molar-refractivity contribution in [3.8, 4) is 0 Å². The van der Waals surface area contributed by atoms with Crippen molar-refractivity contribution < 1.29 is 19.1 Å². The number of rotatable bonds is 11. The molecule has 0 amide bonds. The first-order valence-corrected chi connectivity index (χ1v) is 13.4. The third-order valence-corrected chi connectivity index (χ3v) is 6.03. The molecule has 1 aliphatic carbocycles. The normalized spacial score (nSPS) is 22.0. The molecule has 0 N–H and O–H groups in total. The standard InChI is InChI=1S/C20H36O4Si/c1-7-10-11-12-13-16-17(14-15-25(4,5)6)20(16,18(21)23-8-2)19(22)24-9-3/h14-17H,7-13H2,1-6H3/b15-14+/t16-,17-/m0/s1. The van der Waals surface area contributed by atoms with E-state index in [1.165, 1.54) is 12.8 Å². The van der Waals surface area contributed by atoms with Crippen LogP contribution in [0.25, 0.3) is 0 Å². The van der Waals surface area contributed by atoms with Gasteiger partial charge in [-0.2, -0.15) is 0 Å². The Labute approximate surface area is 154 Å². The summed E-state index contributed by atoms with van der Waals surface area (Å²) in [6.45, 7) is 13.1. The fourth-order valence-corrected chi connectivity index (χ4v) is 4.31. The van der Waals surface area contributed by atoms with Crippen LogP contribution in [-0.2, 0) is 19.1 Å². The Morgan fingerprint density at radius 3 is 1.96 bits per heavy atom. The summed E-state index contributed by atoms with van der Waals surface area (Å²) in [4.78, 5) is 25.5. The van der Waals surface area contributed by atoms with Crippen LogP contribution < -0.4 is 0 Å². The third kappa shape index (κ3) is 5.43. The van der Waals surface area contributed by atoms with Gasteiger partial charge in [0.15, 0.2) is 5.41 Å². The molecule has 5 heteroatoms. The molecule has 4 nitrogen and oxygen atoms in total. The van der Waals surface area contributed by atoms with Gasteiger partial charge in [-0.25, -0.2) is 0 Å². The zero-order valence-corrected chi connectivity index (χ0v) is 17.9. The summed E-state index contributed by atoms with van der Waals surface area (Å²) in [5.74, 6) is -0.882. The molecular weight excluding hydrogens is 332 g/mol. The Morgan fingerprint density at radius 2 is 1.52 bits per heavy atom. The van der Waals surface area contributed by atoms with Crippen molar-refractivity contribution in [2.45, 2.75) is 72.5 Å². The third-order valence-electron chi connectivity index (χ3n) is 4.83. The van der Waals surface area contributed by atoms with Crippen molar-refractivity contribution in [2.24, 2.45) is 17.3 Å². The second-order valence-corrected chi connectivity index (χ2v) is 13.1. The van der Waals surface area contributed by atoms with Gasteiger partial charge in [0.25, 0.3) is 0 Å². The molecule has 0 radical (unpaired) electrons. The van der Waals surface area contributed by atoms with Gasteiger partial charge in [-0.05, 0) is 26.2 Å². The summed E-state index contributed by atoms with van der Waals surface area (Å²) in [6.07, 6.45) is 7.51. The van der Waals surface area contributed by atoms with E-state index in [0.29, 0.717) is 0 Å². The van der Waals surface area contributed by atoms with Crippen LogP contribution in [0.15, 0.2) is 11.8 Å². The number of carbonyl (C=O) groups excluding carboxylic acids is 2. The highest BCUT2D eigenvalue weighted by Crippen LogP contribution is 2.63. The largest absolute Gasteiger partial charge is 0.465 e. The molecule has 1 fully saturated rings. The maximum Gasteiger partial charge on any atom is 0.324 e. The van der Waals surface area contributed by atoms with E-state index in [9.17, 15) is 9.59 Å². The average Bonchev–Trinajstić information content (AvgIpc) is 3.18. The molecular formula is C20H36O4Si. The van der Waals surface area contributed by atoms with E-state index in [1.54, 1.807) is 13.8 Å². The van der Waals surface area contributed by atoms with Crippen LogP contribution in [0, 0.1) is 17.3 Å². The maximum atomic E-state index is 12.7. The maximum absolute atomic E-state index is 12.7. The van der Waals surface area contributed by atoms with Gasteiger partial charge in [-0.1, -0.05) is 64.0 Å². The highest BCUT2D eigenvalue weighted by molar-refractivity contribution is 6.80. The summed E-state index contributed by atoms with van der Waals surface area (Å²) in [5.41, 5.74) is 1.12. The van der Waals surface area contributed by atoms with Crippen molar-refractivity contribution in [3.05, 3.63) is 11.8 Å². The Bertz CT molecular complexity index is 461. The molecule has 0 aromatic carbocycles. The topological polar surface area (TPSA) is 52.6 Å². The minimum atomic E-state index is -1.41. The van der Waals surface area contributed by atoms with E-state index in [-0.39, 0.29) is 25.0 Å². The summed E-state index contributed by atoms with van der Waals surface area (Å²) in [6, 6.07) is 0. The minimum Gasteiger partial charge on any atom is -0.465 e. The molecule has 0 aromatic rings. The molecule has 0 aliphatic heterocycles. The van der Waals surface area contributed by atoms with Gasteiger partial charge >= 0.3 is 11.9 Å². The molecule has 1 saturated carbocycles. The van der Waals surface area contributed by atoms with E-state index in [2.05, 4.69) is 38.3 Å². The quantitative estimate of drug-likeness (QED) is 0.229. The molecule has 0 saturated heterocycles. The molecule has 0 spiro atoms. The first-order valence-electron chi connectivity index (χ1n) is 9.79. The van der Waals surface area contributed by atoms with Crippen molar-refractivity contribution in [2.75, 3.05) is 13.2 Å². The highest BCUT2D eigenvalue weighted by atomic mass is 28.3. The summed E-state index contributed by atoms with van der Waals surface area (Å²) in [5, 5.41) is 0. The minimum absolute atomic E-state index is 0.00931. The lowest BCUT2D eigenvalue weighted by molar-refractivity contribution is -0.165. The summed E-state index contributed by atoms with van der Waals surface area (Å²) in [7, 11) is -1.41. The Morgan fingerprint density at radius 1 is 0.960 bits per heavy atom. The predicted octanol–water partition coefficient (Wildman–Crippen LogP) is 4.75. The Balaban J connectivity index is 3.05. The monoisotopic (exact) mass is 368 g/mol. The zero-order chi connectivity index (χ0) is 19.1. The predicted molar refractivity (Wildman–Crippen MR) is 104 cm³/mol. The number of esters is 2. The first kappa shape index (κ1) is 21.9. The summed E-state index contributed by atoms with van der Waals surface area (Å²) < 4.78 is 10.6. The second-order valence-electron chi connectivity index (χ2n) is 8.02. The van der Waals surface area contributed by atoms with Gasteiger partial charge in [-0.3, -0.25) is 9.59 Å². The number of ether oxygens (including phenoxy) is 2. The van der Waals surface area contributed by atoms with Crippen LogP contribution >= 0.6 is 0 Å². The molecule has 0 bridgehead atoms. The Hall–Kier alpha value is -1.10. The molecule has 1 aliphatic rings. The van der Waals surface area contributed by atoms with E-state index < -0.39 is 25.4 Å². The number of hydrogen-bond acceptors (Lipinski definition) is 4. The van der Waals surface area contributed by atoms with E-state index >= 15 is 0 Å². The van der Waals surface area contributed by atoms with Crippen LogP contribution in [0.4, 0.5) is 0 Å². The van der Waals surface area contributed by atoms with Gasteiger partial charge in [0.2, 0.25) is 0 Å². The van der Waals surface area contributed by atoms with Crippen molar-refractivity contribution in [1.29, 1.82) is 0 Å². The van der Waals surface area contributed by atoms with Crippen molar-refractivity contribution in [3.63, 3.8) is 0 Å². The number of allylic oxidation sites excluding steroid dienone is 1. The van der Waals surface area contributed by atoms with Crippen LogP contribution in [0.1, 0.15) is 52.9 Å². The van der Waals surface area contributed by atoms with Crippen LogP contribution in [0.5, 0.6) is 0 Å². The van der Waals surface area contributed by atoms with E-state index in [0.717, 1.165) is 19.3 Å². The number of hydrogen-bond donors (Lipinski definition) is 0. The lowest BCUT2D eigenvalue weighted by Crippen LogP contribution is -2.33. The van der Waals surface area contributed by atoms with Gasteiger partial charge in [0, 0.05) is 5.92 Å². The highest BCUT2D eigenvalue weighted by Gasteiger charge is 2.74. The van der Waals surface area contributed by atoms with E-state index in [4.69, 9.17) is 9.47 Å². The van der Waals surface area contributed by atoms with Gasteiger partial charge < -0.3 is 9.47 Å². The van der Waals surface area contributed by atoms with Crippen LogP contribution in [-0.4, -0.2) is 33.2 Å². The van der Waals surface area contributed by atoms with Gasteiger partial charge in [0.1, 0.15) is 0 Å². The zero-order valence-electron chi connectivity index (χ0n) is 16.9. The van der Waals surface area contributed by atoms with Gasteiger partial charge in [-0.15, -0.1) is 0 Å². The van der Waals surface area contributed by atoms with Crippen LogP contribution in [0.3, 0.4) is 0 Å². The van der Waals surface area contributed by atoms with Gasteiger partial charge in [0.05, 0.1) is 21.3 Å². The fourth-order valence-electron chi connectivity index (χ4n) is 3.52. The molecule has 0 unspecified atom stereocenters. The van der Waals surface area contributed by atoms with E-state index in [1.807, 2.05) is 0 Å². The van der Waals surface area contributed by atoms with Crippen LogP contribution in [0.2, 0.25) is 19.6 Å². The molecule has 0 aromatic heterocycles.